The third kappa shape index (κ3) is 3.30. The monoisotopic (exact) mass is 189 g/mol. The molecule has 1 aliphatic rings. The highest BCUT2D eigenvalue weighted by molar-refractivity contribution is 5.76. The van der Waals surface area contributed by atoms with E-state index in [1.54, 1.807) is 20.8 Å². The normalized spacial score (nSPS) is 28.9. The number of hydrogen-bond acceptors (Lipinski definition) is 3. The quantitative estimate of drug-likeness (QED) is 0.626. The average Bonchev–Trinajstić information content (AvgIpc) is 2.31. The maximum absolute atomic E-state index is 12.7. The van der Waals surface area contributed by atoms with Crippen LogP contribution in [0.3, 0.4) is 0 Å². The number of alkyl halides is 1. The van der Waals surface area contributed by atoms with Crippen molar-refractivity contribution in [1.29, 1.82) is 0 Å². The Kier molecular flexibility index (Phi) is 2.91. The lowest BCUT2D eigenvalue weighted by Gasteiger charge is -2.21. The van der Waals surface area contributed by atoms with Gasteiger partial charge in [-0.15, -0.1) is 0 Å². The highest BCUT2D eigenvalue weighted by Gasteiger charge is 2.32. The van der Waals surface area contributed by atoms with E-state index in [-0.39, 0.29) is 18.9 Å². The molecule has 0 amide bonds. The van der Waals surface area contributed by atoms with Crippen molar-refractivity contribution < 1.29 is 13.9 Å². The molecule has 0 unspecified atom stereocenters. The van der Waals surface area contributed by atoms with Crippen molar-refractivity contribution in [3.05, 3.63) is 0 Å². The van der Waals surface area contributed by atoms with Crippen molar-refractivity contribution in [1.82, 2.24) is 5.32 Å². The van der Waals surface area contributed by atoms with Gasteiger partial charge in [0.05, 0.1) is 0 Å². The fourth-order valence-corrected chi connectivity index (χ4v) is 1.25. The Morgan fingerprint density at radius 1 is 1.54 bits per heavy atom. The lowest BCUT2D eigenvalue weighted by molar-refractivity contribution is -0.157. The highest BCUT2D eigenvalue weighted by Crippen LogP contribution is 2.15. The molecule has 1 saturated heterocycles. The van der Waals surface area contributed by atoms with Crippen molar-refractivity contribution in [2.45, 2.75) is 45.0 Å². The first-order chi connectivity index (χ1) is 5.88. The first-order valence-corrected chi connectivity index (χ1v) is 4.49. The molecule has 13 heavy (non-hydrogen) atoms. The van der Waals surface area contributed by atoms with Gasteiger partial charge in [-0.05, 0) is 20.8 Å². The van der Waals surface area contributed by atoms with Crippen LogP contribution in [0.4, 0.5) is 4.39 Å². The van der Waals surface area contributed by atoms with Gasteiger partial charge in [-0.1, -0.05) is 0 Å². The van der Waals surface area contributed by atoms with Gasteiger partial charge >= 0.3 is 5.97 Å². The first kappa shape index (κ1) is 10.4. The molecule has 1 heterocycles. The van der Waals surface area contributed by atoms with E-state index in [1.807, 2.05) is 0 Å². The molecule has 1 aliphatic heterocycles. The number of halogens is 1. The van der Waals surface area contributed by atoms with Crippen LogP contribution in [-0.4, -0.2) is 30.3 Å². The predicted molar refractivity (Wildman–Crippen MR) is 47.1 cm³/mol. The smallest absolute Gasteiger partial charge is 0.323 e. The number of nitrogens with one attached hydrogen (secondary N) is 1. The zero-order chi connectivity index (χ0) is 10.1. The Morgan fingerprint density at radius 2 is 2.15 bits per heavy atom. The number of carbonyl (C=O) groups is 1. The van der Waals surface area contributed by atoms with E-state index in [4.69, 9.17) is 4.74 Å². The van der Waals surface area contributed by atoms with Crippen molar-refractivity contribution in [3.63, 3.8) is 0 Å². The van der Waals surface area contributed by atoms with E-state index >= 15 is 0 Å². The van der Waals surface area contributed by atoms with Gasteiger partial charge in [0, 0.05) is 13.0 Å². The van der Waals surface area contributed by atoms with Crippen LogP contribution in [0.2, 0.25) is 0 Å². The minimum Gasteiger partial charge on any atom is -0.459 e. The van der Waals surface area contributed by atoms with Crippen LogP contribution in [0, 0.1) is 0 Å². The van der Waals surface area contributed by atoms with Crippen LogP contribution in [0.25, 0.3) is 0 Å². The number of ether oxygens (including phenoxy) is 1. The van der Waals surface area contributed by atoms with Crippen LogP contribution < -0.4 is 5.32 Å². The second-order valence-electron chi connectivity index (χ2n) is 4.33. The number of esters is 1. The SMILES string of the molecule is CC(C)(C)OC(=O)[C@@H]1C[C@H](F)CN1. The van der Waals surface area contributed by atoms with E-state index in [2.05, 4.69) is 5.32 Å². The Hall–Kier alpha value is -0.640. The van der Waals surface area contributed by atoms with Gasteiger partial charge in [-0.25, -0.2) is 4.39 Å². The zero-order valence-electron chi connectivity index (χ0n) is 8.26. The van der Waals surface area contributed by atoms with Gasteiger partial charge in [0.15, 0.2) is 0 Å². The summed E-state index contributed by atoms with van der Waals surface area (Å²) in [6, 6.07) is -0.464. The maximum Gasteiger partial charge on any atom is 0.323 e. The van der Waals surface area contributed by atoms with Crippen LogP contribution in [0.15, 0.2) is 0 Å². The number of rotatable bonds is 1. The average molecular weight is 189 g/mol. The Balaban J connectivity index is 2.41. The van der Waals surface area contributed by atoms with Crippen LogP contribution >= 0.6 is 0 Å². The van der Waals surface area contributed by atoms with Crippen molar-refractivity contribution in [2.24, 2.45) is 0 Å². The lowest BCUT2D eigenvalue weighted by atomic mass is 10.1. The molecule has 2 atom stereocenters. The summed E-state index contributed by atoms with van der Waals surface area (Å²) in [7, 11) is 0. The Morgan fingerprint density at radius 3 is 2.54 bits per heavy atom. The lowest BCUT2D eigenvalue weighted by Crippen LogP contribution is -2.37. The Bertz CT molecular complexity index is 200. The highest BCUT2D eigenvalue weighted by atomic mass is 19.1. The van der Waals surface area contributed by atoms with Gasteiger partial charge in [0.1, 0.15) is 17.8 Å². The largest absolute Gasteiger partial charge is 0.459 e. The molecule has 1 rings (SSSR count). The molecule has 1 fully saturated rings. The van der Waals surface area contributed by atoms with Gasteiger partial charge in [-0.2, -0.15) is 0 Å². The molecule has 0 radical (unpaired) electrons. The summed E-state index contributed by atoms with van der Waals surface area (Å²) in [5, 5.41) is 2.78. The molecule has 76 valence electrons. The fraction of sp³-hybridized carbons (Fsp3) is 0.889. The Labute approximate surface area is 77.6 Å². The summed E-state index contributed by atoms with van der Waals surface area (Å²) in [5.74, 6) is -0.354. The zero-order valence-corrected chi connectivity index (χ0v) is 8.26. The van der Waals surface area contributed by atoms with E-state index < -0.39 is 17.8 Å². The molecule has 0 aromatic carbocycles. The molecular formula is C9H16FNO2. The first-order valence-electron chi connectivity index (χ1n) is 4.49. The third-order valence-corrected chi connectivity index (χ3v) is 1.77. The van der Waals surface area contributed by atoms with Crippen molar-refractivity contribution in [2.75, 3.05) is 6.54 Å². The van der Waals surface area contributed by atoms with E-state index in [0.29, 0.717) is 0 Å². The summed E-state index contributed by atoms with van der Waals surface area (Å²) in [6.07, 6.45) is -0.688. The van der Waals surface area contributed by atoms with Gasteiger partial charge in [-0.3, -0.25) is 4.79 Å². The molecular weight excluding hydrogens is 173 g/mol. The summed E-state index contributed by atoms with van der Waals surface area (Å²) in [4.78, 5) is 11.4. The minimum absolute atomic E-state index is 0.231. The molecule has 3 nitrogen and oxygen atoms in total. The summed E-state index contributed by atoms with van der Waals surface area (Å²) in [6.45, 7) is 5.65. The van der Waals surface area contributed by atoms with E-state index in [0.717, 1.165) is 0 Å². The predicted octanol–water partition coefficient (Wildman–Crippen LogP) is 1.03. The standard InChI is InChI=1S/C9H16FNO2/c1-9(2,3)13-8(12)7-4-6(10)5-11-7/h6-7,11H,4-5H2,1-3H3/t6-,7-/m0/s1. The third-order valence-electron chi connectivity index (χ3n) is 1.77. The van der Waals surface area contributed by atoms with E-state index in [9.17, 15) is 9.18 Å². The molecule has 4 heteroatoms. The van der Waals surface area contributed by atoms with Gasteiger partial charge < -0.3 is 10.1 Å². The summed E-state index contributed by atoms with van der Waals surface area (Å²) in [5.41, 5.74) is -0.493. The van der Waals surface area contributed by atoms with Crippen LogP contribution in [0.5, 0.6) is 0 Å². The van der Waals surface area contributed by atoms with Crippen LogP contribution in [-0.2, 0) is 9.53 Å². The molecule has 0 bridgehead atoms. The molecule has 0 spiro atoms. The topological polar surface area (TPSA) is 38.3 Å². The molecule has 0 aliphatic carbocycles. The molecule has 0 aromatic rings. The minimum atomic E-state index is -0.919. The summed E-state index contributed by atoms with van der Waals surface area (Å²) < 4.78 is 17.8. The molecule has 0 saturated carbocycles. The van der Waals surface area contributed by atoms with Crippen LogP contribution in [0.1, 0.15) is 27.2 Å². The van der Waals surface area contributed by atoms with E-state index in [1.165, 1.54) is 0 Å². The number of hydrogen-bond donors (Lipinski definition) is 1. The van der Waals surface area contributed by atoms with Crippen molar-refractivity contribution in [3.8, 4) is 0 Å². The fourth-order valence-electron chi connectivity index (χ4n) is 1.25. The van der Waals surface area contributed by atoms with Crippen molar-refractivity contribution >= 4 is 5.97 Å². The number of carbonyl (C=O) groups excluding carboxylic acids is 1. The molecule has 0 aromatic heterocycles. The second-order valence-corrected chi connectivity index (χ2v) is 4.33. The molecule has 1 N–H and O–H groups in total. The maximum atomic E-state index is 12.7. The van der Waals surface area contributed by atoms with Gasteiger partial charge in [0.25, 0.3) is 0 Å². The summed E-state index contributed by atoms with van der Waals surface area (Å²) >= 11 is 0. The van der Waals surface area contributed by atoms with Gasteiger partial charge in [0.2, 0.25) is 0 Å². The second kappa shape index (κ2) is 3.62.